The van der Waals surface area contributed by atoms with Crippen LogP contribution in [0.15, 0.2) is 47.4 Å². The number of aryl methyl sites for hydroxylation is 1. The Balaban J connectivity index is 1.45. The molecule has 0 atom stereocenters. The van der Waals surface area contributed by atoms with E-state index in [1.54, 1.807) is 6.07 Å². The average Bonchev–Trinajstić information content (AvgIpc) is 2.70. The zero-order valence-corrected chi connectivity index (χ0v) is 18.8. The number of nitrogens with zero attached hydrogens (tertiary/aromatic N) is 1. The molecule has 2 aromatic carbocycles. The molecule has 1 saturated heterocycles. The molecule has 5 nitrogen and oxygen atoms in total. The molecule has 0 aromatic heterocycles. The number of nitrogens with one attached hydrogen (secondary N) is 2. The number of piperidine rings is 1. The Morgan fingerprint density at radius 2 is 1.70 bits per heavy atom. The van der Waals surface area contributed by atoms with Crippen LogP contribution < -0.4 is 10.0 Å². The fraction of sp³-hybridized carbons (Fsp3) is 0.500. The Bertz CT molecular complexity index is 978. The maximum atomic E-state index is 12.7. The Labute approximate surface area is 180 Å². The SMILES string of the molecule is Cc1cc(-c2cccc(CNC3CCN(C)CC3)c2)ccc1S(=O)(=O)NC1CCC1. The van der Waals surface area contributed by atoms with Gasteiger partial charge >= 0.3 is 0 Å². The van der Waals surface area contributed by atoms with Crippen LogP contribution in [0.5, 0.6) is 0 Å². The second kappa shape index (κ2) is 9.18. The zero-order valence-electron chi connectivity index (χ0n) is 18.0. The van der Waals surface area contributed by atoms with E-state index >= 15 is 0 Å². The summed E-state index contributed by atoms with van der Waals surface area (Å²) in [7, 11) is -1.26. The van der Waals surface area contributed by atoms with Crippen molar-refractivity contribution < 1.29 is 8.42 Å². The minimum Gasteiger partial charge on any atom is -0.310 e. The largest absolute Gasteiger partial charge is 0.310 e. The average molecular weight is 428 g/mol. The summed E-state index contributed by atoms with van der Waals surface area (Å²) in [5, 5.41) is 3.69. The molecule has 4 rings (SSSR count). The first-order chi connectivity index (χ1) is 14.4. The molecule has 1 aliphatic heterocycles. The van der Waals surface area contributed by atoms with Gasteiger partial charge in [0.2, 0.25) is 10.0 Å². The molecule has 1 saturated carbocycles. The lowest BCUT2D eigenvalue weighted by molar-refractivity contribution is 0.234. The van der Waals surface area contributed by atoms with E-state index in [9.17, 15) is 8.42 Å². The van der Waals surface area contributed by atoms with E-state index in [0.717, 1.165) is 55.6 Å². The van der Waals surface area contributed by atoms with Crippen LogP contribution >= 0.6 is 0 Å². The van der Waals surface area contributed by atoms with Gasteiger partial charge in [-0.05, 0) is 87.1 Å². The first kappa shape index (κ1) is 21.5. The molecular formula is C24H33N3O2S. The molecule has 30 heavy (non-hydrogen) atoms. The van der Waals surface area contributed by atoms with Gasteiger partial charge in [0.1, 0.15) is 0 Å². The van der Waals surface area contributed by atoms with Crippen LogP contribution in [0.25, 0.3) is 11.1 Å². The van der Waals surface area contributed by atoms with Crippen LogP contribution in [0, 0.1) is 6.92 Å². The van der Waals surface area contributed by atoms with Crippen LogP contribution in [0.4, 0.5) is 0 Å². The summed E-state index contributed by atoms with van der Waals surface area (Å²) in [5.74, 6) is 0. The molecule has 2 aliphatic rings. The molecule has 0 bridgehead atoms. The van der Waals surface area contributed by atoms with Crippen molar-refractivity contribution in [2.45, 2.75) is 62.6 Å². The van der Waals surface area contributed by atoms with Gasteiger partial charge in [0.05, 0.1) is 4.90 Å². The summed E-state index contributed by atoms with van der Waals surface area (Å²) < 4.78 is 28.2. The van der Waals surface area contributed by atoms with Crippen LogP contribution in [0.2, 0.25) is 0 Å². The van der Waals surface area contributed by atoms with Crippen molar-refractivity contribution in [3.63, 3.8) is 0 Å². The lowest BCUT2D eigenvalue weighted by atomic mass is 9.94. The fourth-order valence-electron chi connectivity index (χ4n) is 4.28. The molecule has 0 amide bonds. The first-order valence-electron chi connectivity index (χ1n) is 11.0. The van der Waals surface area contributed by atoms with Gasteiger partial charge in [-0.1, -0.05) is 36.8 Å². The summed E-state index contributed by atoms with van der Waals surface area (Å²) in [6.45, 7) is 5.05. The van der Waals surface area contributed by atoms with Gasteiger partial charge in [-0.2, -0.15) is 0 Å². The molecule has 0 unspecified atom stereocenters. The van der Waals surface area contributed by atoms with E-state index in [2.05, 4.69) is 46.3 Å². The zero-order chi connectivity index (χ0) is 21.1. The second-order valence-electron chi connectivity index (χ2n) is 8.89. The van der Waals surface area contributed by atoms with Crippen molar-refractivity contribution in [1.29, 1.82) is 0 Å². The van der Waals surface area contributed by atoms with Crippen molar-refractivity contribution in [3.05, 3.63) is 53.6 Å². The van der Waals surface area contributed by atoms with Gasteiger partial charge < -0.3 is 10.2 Å². The number of sulfonamides is 1. The topological polar surface area (TPSA) is 61.4 Å². The lowest BCUT2D eigenvalue weighted by Crippen LogP contribution is -2.40. The number of likely N-dealkylation sites (tertiary alicyclic amines) is 1. The van der Waals surface area contributed by atoms with Crippen molar-refractivity contribution in [3.8, 4) is 11.1 Å². The van der Waals surface area contributed by atoms with Crippen LogP contribution in [-0.2, 0) is 16.6 Å². The molecule has 2 aromatic rings. The lowest BCUT2D eigenvalue weighted by Gasteiger charge is -2.29. The van der Waals surface area contributed by atoms with Gasteiger partial charge in [0.25, 0.3) is 0 Å². The van der Waals surface area contributed by atoms with Crippen molar-refractivity contribution >= 4 is 10.0 Å². The third-order valence-corrected chi connectivity index (χ3v) is 8.15. The van der Waals surface area contributed by atoms with E-state index in [-0.39, 0.29) is 6.04 Å². The molecule has 2 N–H and O–H groups in total. The van der Waals surface area contributed by atoms with E-state index in [4.69, 9.17) is 0 Å². The molecule has 6 heteroatoms. The summed E-state index contributed by atoms with van der Waals surface area (Å²) in [5.41, 5.74) is 4.22. The van der Waals surface area contributed by atoms with Crippen molar-refractivity contribution in [2.75, 3.05) is 20.1 Å². The number of benzene rings is 2. The van der Waals surface area contributed by atoms with Gasteiger partial charge in [-0.15, -0.1) is 0 Å². The number of hydrogen-bond acceptors (Lipinski definition) is 4. The van der Waals surface area contributed by atoms with Crippen LogP contribution in [0.3, 0.4) is 0 Å². The summed E-state index contributed by atoms with van der Waals surface area (Å²) in [6.07, 6.45) is 5.37. The Kier molecular flexibility index (Phi) is 6.58. The highest BCUT2D eigenvalue weighted by molar-refractivity contribution is 7.89. The van der Waals surface area contributed by atoms with E-state index in [0.29, 0.717) is 10.9 Å². The van der Waals surface area contributed by atoms with Gasteiger partial charge in [0, 0.05) is 18.6 Å². The van der Waals surface area contributed by atoms with Gasteiger partial charge in [0.15, 0.2) is 0 Å². The first-order valence-corrected chi connectivity index (χ1v) is 12.5. The van der Waals surface area contributed by atoms with Gasteiger partial charge in [-0.25, -0.2) is 13.1 Å². The Morgan fingerprint density at radius 3 is 2.37 bits per heavy atom. The van der Waals surface area contributed by atoms with E-state index in [1.165, 1.54) is 18.4 Å². The maximum Gasteiger partial charge on any atom is 0.241 e. The van der Waals surface area contributed by atoms with Crippen LogP contribution in [-0.4, -0.2) is 45.5 Å². The number of rotatable bonds is 7. The second-order valence-corrected chi connectivity index (χ2v) is 10.6. The highest BCUT2D eigenvalue weighted by Crippen LogP contribution is 2.27. The normalized spacial score (nSPS) is 19.0. The predicted octanol–water partition coefficient (Wildman–Crippen LogP) is 3.68. The minimum atomic E-state index is -3.45. The smallest absolute Gasteiger partial charge is 0.241 e. The molecule has 1 aliphatic carbocycles. The molecule has 1 heterocycles. The van der Waals surface area contributed by atoms with E-state index in [1.807, 2.05) is 19.1 Å². The molecule has 2 fully saturated rings. The third kappa shape index (κ3) is 5.11. The monoisotopic (exact) mass is 427 g/mol. The highest BCUT2D eigenvalue weighted by Gasteiger charge is 2.25. The maximum absolute atomic E-state index is 12.7. The van der Waals surface area contributed by atoms with Crippen molar-refractivity contribution in [1.82, 2.24) is 14.9 Å². The quantitative estimate of drug-likeness (QED) is 0.708. The summed E-state index contributed by atoms with van der Waals surface area (Å²) >= 11 is 0. The molecule has 162 valence electrons. The minimum absolute atomic E-state index is 0.0998. The standard InChI is InChI=1S/C24H33N3O2S/c1-18-15-21(9-10-24(18)30(28,29)26-23-7-4-8-23)20-6-3-5-19(16-20)17-25-22-11-13-27(2)14-12-22/h3,5-6,9-10,15-16,22-23,25-26H,4,7-8,11-14,17H2,1-2H3. The molecular weight excluding hydrogens is 394 g/mol. The fourth-order valence-corrected chi connectivity index (χ4v) is 5.81. The summed E-state index contributed by atoms with van der Waals surface area (Å²) in [6, 6.07) is 14.9. The molecule has 0 spiro atoms. The van der Waals surface area contributed by atoms with Crippen molar-refractivity contribution in [2.24, 2.45) is 0 Å². The molecule has 0 radical (unpaired) electrons. The third-order valence-electron chi connectivity index (χ3n) is 6.47. The Hall–Kier alpha value is -1.73. The van der Waals surface area contributed by atoms with Gasteiger partial charge in [-0.3, -0.25) is 0 Å². The predicted molar refractivity (Wildman–Crippen MR) is 122 cm³/mol. The Morgan fingerprint density at radius 1 is 0.967 bits per heavy atom. The highest BCUT2D eigenvalue weighted by atomic mass is 32.2. The van der Waals surface area contributed by atoms with E-state index < -0.39 is 10.0 Å². The summed E-state index contributed by atoms with van der Waals surface area (Å²) in [4.78, 5) is 2.77. The number of hydrogen-bond donors (Lipinski definition) is 2. The van der Waals surface area contributed by atoms with Crippen LogP contribution in [0.1, 0.15) is 43.2 Å².